The Balaban J connectivity index is 0.00000289. The summed E-state index contributed by atoms with van der Waals surface area (Å²) in [6.07, 6.45) is 0.646. The predicted octanol–water partition coefficient (Wildman–Crippen LogP) is 3.73. The van der Waals surface area contributed by atoms with Gasteiger partial charge in [-0.2, -0.15) is 0 Å². The molecule has 1 atom stereocenters. The molecular formula is C12H17Cl3N2O. The van der Waals surface area contributed by atoms with Gasteiger partial charge in [0.15, 0.2) is 0 Å². The van der Waals surface area contributed by atoms with Crippen molar-refractivity contribution in [1.82, 2.24) is 0 Å². The standard InChI is InChI=1S/C12H16Cl2N2O.ClH/c1-7(2)5-11(15)12(17)16-8-3-4-9(13)10(14)6-8;/h3-4,6-7,11H,5,15H2,1-2H3,(H,16,17);1H/t11-;/m0./s1. The Hall–Kier alpha value is -0.480. The number of halogens is 3. The maximum Gasteiger partial charge on any atom is 0.241 e. The molecule has 6 heteroatoms. The zero-order valence-corrected chi connectivity index (χ0v) is 12.6. The molecule has 18 heavy (non-hydrogen) atoms. The van der Waals surface area contributed by atoms with Crippen LogP contribution in [0.15, 0.2) is 18.2 Å². The molecule has 0 bridgehead atoms. The molecule has 0 aromatic heterocycles. The number of rotatable bonds is 4. The summed E-state index contributed by atoms with van der Waals surface area (Å²) < 4.78 is 0. The summed E-state index contributed by atoms with van der Waals surface area (Å²) in [5.41, 5.74) is 6.36. The van der Waals surface area contributed by atoms with Gasteiger partial charge in [0, 0.05) is 5.69 Å². The van der Waals surface area contributed by atoms with Gasteiger partial charge in [-0.1, -0.05) is 37.0 Å². The molecule has 0 aliphatic rings. The fourth-order valence-electron chi connectivity index (χ4n) is 1.42. The lowest BCUT2D eigenvalue weighted by Gasteiger charge is -2.14. The van der Waals surface area contributed by atoms with Crippen LogP contribution in [0.1, 0.15) is 20.3 Å². The molecule has 0 aliphatic carbocycles. The molecule has 0 saturated heterocycles. The van der Waals surface area contributed by atoms with E-state index in [2.05, 4.69) is 5.32 Å². The molecule has 1 aromatic carbocycles. The lowest BCUT2D eigenvalue weighted by atomic mass is 10.0. The molecule has 1 rings (SSSR count). The quantitative estimate of drug-likeness (QED) is 0.890. The van der Waals surface area contributed by atoms with E-state index in [-0.39, 0.29) is 18.3 Å². The molecule has 0 radical (unpaired) electrons. The minimum atomic E-state index is -0.510. The van der Waals surface area contributed by atoms with Crippen LogP contribution in [0, 0.1) is 5.92 Å². The highest BCUT2D eigenvalue weighted by Crippen LogP contribution is 2.25. The van der Waals surface area contributed by atoms with Crippen molar-refractivity contribution in [2.24, 2.45) is 11.7 Å². The Morgan fingerprint density at radius 1 is 1.33 bits per heavy atom. The normalized spacial score (nSPS) is 11.9. The van der Waals surface area contributed by atoms with Crippen molar-refractivity contribution in [2.45, 2.75) is 26.3 Å². The van der Waals surface area contributed by atoms with E-state index in [1.807, 2.05) is 13.8 Å². The second-order valence-electron chi connectivity index (χ2n) is 4.35. The van der Waals surface area contributed by atoms with Gasteiger partial charge in [-0.25, -0.2) is 0 Å². The summed E-state index contributed by atoms with van der Waals surface area (Å²) in [6.45, 7) is 4.04. The van der Waals surface area contributed by atoms with E-state index >= 15 is 0 Å². The topological polar surface area (TPSA) is 55.1 Å². The third-order valence-electron chi connectivity index (χ3n) is 2.25. The lowest BCUT2D eigenvalue weighted by Crippen LogP contribution is -2.36. The second-order valence-corrected chi connectivity index (χ2v) is 5.17. The molecule has 0 saturated carbocycles. The molecule has 1 amide bonds. The molecule has 3 nitrogen and oxygen atoms in total. The Morgan fingerprint density at radius 2 is 1.94 bits per heavy atom. The second kappa shape index (κ2) is 7.85. The van der Waals surface area contributed by atoms with Crippen LogP contribution in [0.25, 0.3) is 0 Å². The SMILES string of the molecule is CC(C)C[C@H](N)C(=O)Nc1ccc(Cl)c(Cl)c1.Cl. The highest BCUT2D eigenvalue weighted by molar-refractivity contribution is 6.42. The monoisotopic (exact) mass is 310 g/mol. The first-order valence-corrected chi connectivity index (χ1v) is 6.17. The number of hydrogen-bond acceptors (Lipinski definition) is 2. The average molecular weight is 312 g/mol. The van der Waals surface area contributed by atoms with Gasteiger partial charge in [0.2, 0.25) is 5.91 Å². The molecule has 0 fully saturated rings. The van der Waals surface area contributed by atoms with Gasteiger partial charge in [0.1, 0.15) is 0 Å². The summed E-state index contributed by atoms with van der Waals surface area (Å²) in [7, 11) is 0. The molecule has 0 spiro atoms. The Bertz CT molecular complexity index is 410. The Morgan fingerprint density at radius 3 is 2.44 bits per heavy atom. The summed E-state index contributed by atoms with van der Waals surface area (Å²) in [6, 6.07) is 4.41. The summed E-state index contributed by atoms with van der Waals surface area (Å²) in [5.74, 6) is 0.168. The van der Waals surface area contributed by atoms with Gasteiger partial charge in [0.05, 0.1) is 16.1 Å². The van der Waals surface area contributed by atoms with Crippen LogP contribution in [0.2, 0.25) is 10.0 Å². The van der Waals surface area contributed by atoms with E-state index in [1.165, 1.54) is 0 Å². The van der Waals surface area contributed by atoms with Gasteiger partial charge in [-0.15, -0.1) is 12.4 Å². The summed E-state index contributed by atoms with van der Waals surface area (Å²) in [4.78, 5) is 11.7. The highest BCUT2D eigenvalue weighted by atomic mass is 35.5. The van der Waals surface area contributed by atoms with Crippen molar-refractivity contribution < 1.29 is 4.79 Å². The molecule has 1 aromatic rings. The van der Waals surface area contributed by atoms with E-state index < -0.39 is 6.04 Å². The van der Waals surface area contributed by atoms with E-state index in [9.17, 15) is 4.79 Å². The number of carbonyl (C=O) groups is 1. The first kappa shape index (κ1) is 17.5. The van der Waals surface area contributed by atoms with E-state index in [0.29, 0.717) is 28.1 Å². The van der Waals surface area contributed by atoms with Crippen LogP contribution in [-0.2, 0) is 4.79 Å². The van der Waals surface area contributed by atoms with E-state index in [0.717, 1.165) is 0 Å². The fourth-order valence-corrected chi connectivity index (χ4v) is 1.72. The largest absolute Gasteiger partial charge is 0.325 e. The highest BCUT2D eigenvalue weighted by Gasteiger charge is 2.15. The third-order valence-corrected chi connectivity index (χ3v) is 2.99. The number of nitrogens with two attached hydrogens (primary N) is 1. The van der Waals surface area contributed by atoms with Crippen molar-refractivity contribution in [3.8, 4) is 0 Å². The van der Waals surface area contributed by atoms with Crippen molar-refractivity contribution in [1.29, 1.82) is 0 Å². The molecule has 0 heterocycles. The number of hydrogen-bond donors (Lipinski definition) is 2. The van der Waals surface area contributed by atoms with Crippen LogP contribution in [-0.4, -0.2) is 11.9 Å². The zero-order chi connectivity index (χ0) is 13.0. The van der Waals surface area contributed by atoms with Crippen LogP contribution < -0.4 is 11.1 Å². The molecule has 102 valence electrons. The number of carbonyl (C=O) groups excluding carboxylic acids is 1. The van der Waals surface area contributed by atoms with Crippen molar-refractivity contribution in [3.63, 3.8) is 0 Å². The van der Waals surface area contributed by atoms with Crippen LogP contribution in [0.4, 0.5) is 5.69 Å². The maximum atomic E-state index is 11.7. The van der Waals surface area contributed by atoms with Gasteiger partial charge in [0.25, 0.3) is 0 Å². The van der Waals surface area contributed by atoms with Crippen LogP contribution in [0.3, 0.4) is 0 Å². The number of amides is 1. The molecular weight excluding hydrogens is 295 g/mol. The van der Waals surface area contributed by atoms with Gasteiger partial charge < -0.3 is 11.1 Å². The van der Waals surface area contributed by atoms with E-state index in [1.54, 1.807) is 18.2 Å². The third kappa shape index (κ3) is 5.44. The summed E-state index contributed by atoms with van der Waals surface area (Å²) >= 11 is 11.6. The minimum Gasteiger partial charge on any atom is -0.325 e. The number of benzene rings is 1. The van der Waals surface area contributed by atoms with Gasteiger partial charge >= 0.3 is 0 Å². The zero-order valence-electron chi connectivity index (χ0n) is 10.2. The lowest BCUT2D eigenvalue weighted by molar-refractivity contribution is -0.117. The molecule has 3 N–H and O–H groups in total. The Labute approximate surface area is 123 Å². The number of anilines is 1. The smallest absolute Gasteiger partial charge is 0.241 e. The van der Waals surface area contributed by atoms with Gasteiger partial charge in [-0.05, 0) is 30.5 Å². The molecule has 0 unspecified atom stereocenters. The van der Waals surface area contributed by atoms with Crippen molar-refractivity contribution in [2.75, 3.05) is 5.32 Å². The first-order valence-electron chi connectivity index (χ1n) is 5.41. The van der Waals surface area contributed by atoms with Crippen molar-refractivity contribution >= 4 is 47.2 Å². The Kier molecular flexibility index (Phi) is 7.64. The van der Waals surface area contributed by atoms with Crippen LogP contribution >= 0.6 is 35.6 Å². The number of nitrogens with one attached hydrogen (secondary N) is 1. The predicted molar refractivity (Wildman–Crippen MR) is 79.8 cm³/mol. The van der Waals surface area contributed by atoms with Crippen molar-refractivity contribution in [3.05, 3.63) is 28.2 Å². The van der Waals surface area contributed by atoms with Gasteiger partial charge in [-0.3, -0.25) is 4.79 Å². The van der Waals surface area contributed by atoms with Crippen LogP contribution in [0.5, 0.6) is 0 Å². The molecule has 0 aliphatic heterocycles. The van der Waals surface area contributed by atoms with E-state index in [4.69, 9.17) is 28.9 Å². The minimum absolute atomic E-state index is 0. The maximum absolute atomic E-state index is 11.7. The first-order chi connectivity index (χ1) is 7.90. The summed E-state index contributed by atoms with van der Waals surface area (Å²) in [5, 5.41) is 3.57. The fraction of sp³-hybridized carbons (Fsp3) is 0.417. The average Bonchev–Trinajstić information content (AvgIpc) is 2.22.